The Morgan fingerprint density at radius 2 is 1.43 bits per heavy atom. The summed E-state index contributed by atoms with van der Waals surface area (Å²) in [6.07, 6.45) is 0.348. The van der Waals surface area contributed by atoms with Gasteiger partial charge in [0.2, 0.25) is 5.91 Å². The molecule has 0 atom stereocenters. The first-order chi connectivity index (χ1) is 13.2. The molecular formula is C23H25ClN2O2. The van der Waals surface area contributed by atoms with E-state index in [1.807, 2.05) is 42.5 Å². The molecule has 0 radical (unpaired) electrons. The van der Waals surface area contributed by atoms with E-state index in [-0.39, 0.29) is 18.3 Å². The summed E-state index contributed by atoms with van der Waals surface area (Å²) in [5.41, 5.74) is 9.83. The van der Waals surface area contributed by atoms with Gasteiger partial charge in [0.05, 0.1) is 6.42 Å². The van der Waals surface area contributed by atoms with Crippen LogP contribution in [0.5, 0.6) is 5.75 Å². The number of amides is 1. The Bertz CT molecular complexity index is 850. The topological polar surface area (TPSA) is 64.3 Å². The van der Waals surface area contributed by atoms with Crippen molar-refractivity contribution >= 4 is 18.3 Å². The molecule has 4 nitrogen and oxygen atoms in total. The predicted molar refractivity (Wildman–Crippen MR) is 116 cm³/mol. The van der Waals surface area contributed by atoms with Gasteiger partial charge in [0, 0.05) is 13.1 Å². The fourth-order valence-electron chi connectivity index (χ4n) is 2.75. The highest BCUT2D eigenvalue weighted by Gasteiger charge is 2.03. The Kier molecular flexibility index (Phi) is 8.53. The van der Waals surface area contributed by atoms with Gasteiger partial charge in [-0.3, -0.25) is 4.79 Å². The van der Waals surface area contributed by atoms with E-state index in [1.54, 1.807) is 0 Å². The van der Waals surface area contributed by atoms with Crippen LogP contribution in [0, 0.1) is 0 Å². The zero-order valence-corrected chi connectivity index (χ0v) is 16.5. The van der Waals surface area contributed by atoms with Gasteiger partial charge in [-0.05, 0) is 34.4 Å². The average Bonchev–Trinajstić information content (AvgIpc) is 2.73. The first-order valence-electron chi connectivity index (χ1n) is 9.07. The Balaban J connectivity index is 0.00000280. The standard InChI is InChI=1S/C23H24N2O2.ClH/c24-14-15-25-23(26)16-18-8-12-22(13-9-18)27-17-19-6-10-21(11-7-19)20-4-2-1-3-5-20;/h1-13H,14-17,24H2,(H,25,26);1H. The molecule has 0 saturated carbocycles. The SMILES string of the molecule is Cl.NCCNC(=O)Cc1ccc(OCc2ccc(-c3ccccc3)cc2)cc1. The van der Waals surface area contributed by atoms with E-state index in [0.29, 0.717) is 26.1 Å². The maximum atomic E-state index is 11.7. The molecule has 0 unspecified atom stereocenters. The van der Waals surface area contributed by atoms with Gasteiger partial charge < -0.3 is 15.8 Å². The molecule has 146 valence electrons. The van der Waals surface area contributed by atoms with E-state index < -0.39 is 0 Å². The van der Waals surface area contributed by atoms with Crippen LogP contribution in [-0.4, -0.2) is 19.0 Å². The van der Waals surface area contributed by atoms with Crippen LogP contribution in [0.4, 0.5) is 0 Å². The second-order valence-corrected chi connectivity index (χ2v) is 6.31. The quantitative estimate of drug-likeness (QED) is 0.605. The minimum atomic E-state index is -0.0207. The van der Waals surface area contributed by atoms with Gasteiger partial charge in [-0.1, -0.05) is 66.7 Å². The van der Waals surface area contributed by atoms with E-state index in [2.05, 4.69) is 41.7 Å². The van der Waals surface area contributed by atoms with Crippen LogP contribution in [0.3, 0.4) is 0 Å². The summed E-state index contributed by atoms with van der Waals surface area (Å²) >= 11 is 0. The second-order valence-electron chi connectivity index (χ2n) is 6.31. The van der Waals surface area contributed by atoms with Crippen molar-refractivity contribution in [3.8, 4) is 16.9 Å². The summed E-state index contributed by atoms with van der Waals surface area (Å²) < 4.78 is 5.85. The molecule has 3 rings (SSSR count). The summed E-state index contributed by atoms with van der Waals surface area (Å²) in [6.45, 7) is 1.46. The summed E-state index contributed by atoms with van der Waals surface area (Å²) in [5.74, 6) is 0.765. The number of nitrogens with two attached hydrogens (primary N) is 1. The van der Waals surface area contributed by atoms with Crippen molar-refractivity contribution in [1.82, 2.24) is 5.32 Å². The fourth-order valence-corrected chi connectivity index (χ4v) is 2.75. The van der Waals surface area contributed by atoms with Gasteiger partial charge in [0.25, 0.3) is 0 Å². The Morgan fingerprint density at radius 3 is 2.07 bits per heavy atom. The van der Waals surface area contributed by atoms with Crippen molar-refractivity contribution in [2.75, 3.05) is 13.1 Å². The van der Waals surface area contributed by atoms with Gasteiger partial charge in [0.15, 0.2) is 0 Å². The minimum absolute atomic E-state index is 0. The van der Waals surface area contributed by atoms with Crippen LogP contribution in [0.15, 0.2) is 78.9 Å². The van der Waals surface area contributed by atoms with Crippen LogP contribution < -0.4 is 15.8 Å². The number of nitrogens with one attached hydrogen (secondary N) is 1. The maximum Gasteiger partial charge on any atom is 0.224 e. The highest BCUT2D eigenvalue weighted by molar-refractivity contribution is 5.85. The van der Waals surface area contributed by atoms with Gasteiger partial charge in [0.1, 0.15) is 12.4 Å². The molecule has 3 aromatic rings. The lowest BCUT2D eigenvalue weighted by Gasteiger charge is -2.09. The van der Waals surface area contributed by atoms with Crippen molar-refractivity contribution in [2.24, 2.45) is 5.73 Å². The molecule has 0 spiro atoms. The van der Waals surface area contributed by atoms with Crippen molar-refractivity contribution in [1.29, 1.82) is 0 Å². The van der Waals surface area contributed by atoms with Crippen molar-refractivity contribution in [2.45, 2.75) is 13.0 Å². The van der Waals surface area contributed by atoms with Crippen LogP contribution in [0.2, 0.25) is 0 Å². The molecule has 0 fully saturated rings. The number of carbonyl (C=O) groups is 1. The number of rotatable bonds is 8. The molecule has 0 aliphatic carbocycles. The number of hydrogen-bond acceptors (Lipinski definition) is 3. The highest BCUT2D eigenvalue weighted by Crippen LogP contribution is 2.20. The van der Waals surface area contributed by atoms with Crippen molar-refractivity contribution < 1.29 is 9.53 Å². The minimum Gasteiger partial charge on any atom is -0.489 e. The molecule has 3 N–H and O–H groups in total. The molecule has 0 aliphatic heterocycles. The molecule has 0 saturated heterocycles. The summed E-state index contributed by atoms with van der Waals surface area (Å²) in [7, 11) is 0. The molecule has 0 aromatic heterocycles. The fraction of sp³-hybridized carbons (Fsp3) is 0.174. The lowest BCUT2D eigenvalue weighted by Crippen LogP contribution is -2.30. The van der Waals surface area contributed by atoms with Crippen LogP contribution in [-0.2, 0) is 17.8 Å². The molecule has 0 bridgehead atoms. The maximum absolute atomic E-state index is 11.7. The third-order valence-electron chi connectivity index (χ3n) is 4.22. The van der Waals surface area contributed by atoms with Crippen molar-refractivity contribution in [3.05, 3.63) is 90.0 Å². The lowest BCUT2D eigenvalue weighted by atomic mass is 10.0. The Labute approximate surface area is 172 Å². The average molecular weight is 397 g/mol. The third-order valence-corrected chi connectivity index (χ3v) is 4.22. The molecule has 0 heterocycles. The van der Waals surface area contributed by atoms with E-state index in [0.717, 1.165) is 16.9 Å². The van der Waals surface area contributed by atoms with E-state index >= 15 is 0 Å². The van der Waals surface area contributed by atoms with E-state index in [9.17, 15) is 4.79 Å². The van der Waals surface area contributed by atoms with E-state index in [1.165, 1.54) is 11.1 Å². The van der Waals surface area contributed by atoms with Crippen molar-refractivity contribution in [3.63, 3.8) is 0 Å². The summed E-state index contributed by atoms with van der Waals surface area (Å²) in [5, 5.41) is 2.76. The van der Waals surface area contributed by atoms with Crippen LogP contribution in [0.25, 0.3) is 11.1 Å². The lowest BCUT2D eigenvalue weighted by molar-refractivity contribution is -0.120. The molecule has 28 heavy (non-hydrogen) atoms. The number of halogens is 1. The molecule has 0 aliphatic rings. The first-order valence-corrected chi connectivity index (χ1v) is 9.07. The van der Waals surface area contributed by atoms with Crippen LogP contribution in [0.1, 0.15) is 11.1 Å². The number of carbonyl (C=O) groups excluding carboxylic acids is 1. The normalized spacial score (nSPS) is 10.0. The number of benzene rings is 3. The third kappa shape index (κ3) is 6.41. The van der Waals surface area contributed by atoms with E-state index in [4.69, 9.17) is 10.5 Å². The zero-order chi connectivity index (χ0) is 18.9. The second kappa shape index (κ2) is 11.1. The smallest absolute Gasteiger partial charge is 0.224 e. The molecule has 1 amide bonds. The van der Waals surface area contributed by atoms with Gasteiger partial charge >= 0.3 is 0 Å². The zero-order valence-electron chi connectivity index (χ0n) is 15.6. The summed E-state index contributed by atoms with van der Waals surface area (Å²) in [6, 6.07) is 26.3. The Hall–Kier alpha value is -2.82. The highest BCUT2D eigenvalue weighted by atomic mass is 35.5. The molecular weight excluding hydrogens is 372 g/mol. The molecule has 5 heteroatoms. The largest absolute Gasteiger partial charge is 0.489 e. The molecule has 3 aromatic carbocycles. The predicted octanol–water partition coefficient (Wildman–Crippen LogP) is 3.97. The number of ether oxygens (including phenoxy) is 1. The van der Waals surface area contributed by atoms with Crippen LogP contribution >= 0.6 is 12.4 Å². The Morgan fingerprint density at radius 1 is 0.821 bits per heavy atom. The van der Waals surface area contributed by atoms with Gasteiger partial charge in [-0.2, -0.15) is 0 Å². The van der Waals surface area contributed by atoms with Gasteiger partial charge in [-0.15, -0.1) is 12.4 Å². The van der Waals surface area contributed by atoms with Gasteiger partial charge in [-0.25, -0.2) is 0 Å². The first kappa shape index (κ1) is 21.5. The monoisotopic (exact) mass is 396 g/mol. The summed E-state index contributed by atoms with van der Waals surface area (Å²) in [4.78, 5) is 11.7. The number of hydrogen-bond donors (Lipinski definition) is 2.